The highest BCUT2D eigenvalue weighted by Gasteiger charge is 2.30. The Labute approximate surface area is 138 Å². The van der Waals surface area contributed by atoms with Crippen LogP contribution in [0.3, 0.4) is 0 Å². The van der Waals surface area contributed by atoms with Crippen LogP contribution >= 0.6 is 0 Å². The highest BCUT2D eigenvalue weighted by atomic mass is 19.1. The molecule has 24 heavy (non-hydrogen) atoms. The van der Waals surface area contributed by atoms with Gasteiger partial charge in [-0.15, -0.1) is 5.53 Å². The van der Waals surface area contributed by atoms with Crippen LogP contribution in [0.5, 0.6) is 0 Å². The van der Waals surface area contributed by atoms with Crippen molar-refractivity contribution in [1.82, 2.24) is 25.9 Å². The fraction of sp³-hybridized carbons (Fsp3) is 0.176. The number of fused-ring (bicyclic) bond motifs is 1. The van der Waals surface area contributed by atoms with Crippen LogP contribution in [0.25, 0.3) is 5.70 Å². The number of amides is 1. The molecule has 6 nitrogen and oxygen atoms in total. The van der Waals surface area contributed by atoms with E-state index >= 15 is 0 Å². The third-order valence-electron chi connectivity index (χ3n) is 4.18. The first-order chi connectivity index (χ1) is 11.6. The molecule has 0 fully saturated rings. The first kappa shape index (κ1) is 14.6. The van der Waals surface area contributed by atoms with Gasteiger partial charge in [-0.1, -0.05) is 24.3 Å². The van der Waals surface area contributed by atoms with Crippen molar-refractivity contribution in [2.75, 3.05) is 7.05 Å². The molecule has 0 unspecified atom stereocenters. The van der Waals surface area contributed by atoms with Crippen LogP contribution < -0.4 is 11.0 Å². The van der Waals surface area contributed by atoms with E-state index in [1.807, 2.05) is 42.5 Å². The van der Waals surface area contributed by atoms with Gasteiger partial charge in [-0.3, -0.25) is 9.80 Å². The lowest BCUT2D eigenvalue weighted by Gasteiger charge is -2.16. The van der Waals surface area contributed by atoms with Crippen LogP contribution in [-0.4, -0.2) is 27.8 Å². The van der Waals surface area contributed by atoms with E-state index in [1.54, 1.807) is 11.0 Å². The van der Waals surface area contributed by atoms with Crippen LogP contribution in [0, 0.1) is 5.95 Å². The smallest absolute Gasteiger partial charge is 0.259 e. The largest absolute Gasteiger partial charge is 0.330 e. The molecule has 2 N–H and O–H groups in total. The highest BCUT2D eigenvalue weighted by molar-refractivity contribution is 5.98. The van der Waals surface area contributed by atoms with Gasteiger partial charge < -0.3 is 10.3 Å². The van der Waals surface area contributed by atoms with E-state index in [-0.39, 0.29) is 11.5 Å². The monoisotopic (exact) mass is 325 g/mol. The van der Waals surface area contributed by atoms with Gasteiger partial charge in [0.25, 0.3) is 5.91 Å². The predicted octanol–water partition coefficient (Wildman–Crippen LogP) is 1.63. The molecule has 4 rings (SSSR count). The van der Waals surface area contributed by atoms with E-state index in [1.165, 1.54) is 6.20 Å². The molecule has 2 aliphatic heterocycles. The number of hydrazine groups is 2. The summed E-state index contributed by atoms with van der Waals surface area (Å²) in [6.45, 7) is 0.856. The molecule has 0 aliphatic carbocycles. The summed E-state index contributed by atoms with van der Waals surface area (Å²) in [5.41, 5.74) is 9.83. The lowest BCUT2D eigenvalue weighted by atomic mass is 10.1. The first-order valence-corrected chi connectivity index (χ1v) is 7.60. The number of carbonyl (C=O) groups excluding carboxylic acids is 1. The second-order valence-electron chi connectivity index (χ2n) is 5.88. The molecule has 1 aromatic carbocycles. The molecular weight excluding hydrogens is 309 g/mol. The summed E-state index contributed by atoms with van der Waals surface area (Å²) >= 11 is 0. The van der Waals surface area contributed by atoms with Crippen molar-refractivity contribution in [2.24, 2.45) is 0 Å². The maximum Gasteiger partial charge on any atom is 0.259 e. The Morgan fingerprint density at radius 3 is 2.71 bits per heavy atom. The Hall–Kier alpha value is -2.93. The number of halogens is 1. The zero-order valence-corrected chi connectivity index (χ0v) is 13.1. The van der Waals surface area contributed by atoms with Gasteiger partial charge in [-0.2, -0.15) is 4.39 Å². The van der Waals surface area contributed by atoms with Gasteiger partial charge in [0.15, 0.2) is 0 Å². The SMILES string of the molecule is CN1C=C(c2ccc(CN3Cc4ccnc(F)c4C3=O)cc2)NN1. The van der Waals surface area contributed by atoms with Crippen LogP contribution in [-0.2, 0) is 13.1 Å². The number of nitrogens with one attached hydrogen (secondary N) is 2. The van der Waals surface area contributed by atoms with E-state index in [0.717, 1.165) is 16.8 Å². The molecule has 7 heteroatoms. The summed E-state index contributed by atoms with van der Waals surface area (Å²) in [6, 6.07) is 9.62. The van der Waals surface area contributed by atoms with Crippen LogP contribution in [0.15, 0.2) is 42.7 Å². The molecule has 0 saturated carbocycles. The van der Waals surface area contributed by atoms with E-state index in [9.17, 15) is 9.18 Å². The fourth-order valence-corrected chi connectivity index (χ4v) is 2.96. The summed E-state index contributed by atoms with van der Waals surface area (Å²) in [5.74, 6) is -0.989. The molecule has 1 aromatic heterocycles. The molecule has 2 aliphatic rings. The van der Waals surface area contributed by atoms with Crippen molar-refractivity contribution >= 4 is 11.6 Å². The predicted molar refractivity (Wildman–Crippen MR) is 86.2 cm³/mol. The van der Waals surface area contributed by atoms with Crippen molar-refractivity contribution in [3.05, 3.63) is 70.9 Å². The summed E-state index contributed by atoms with van der Waals surface area (Å²) in [4.78, 5) is 17.5. The summed E-state index contributed by atoms with van der Waals surface area (Å²) in [6.07, 6.45) is 3.35. The molecular formula is C17H16FN5O. The van der Waals surface area contributed by atoms with E-state index in [0.29, 0.717) is 18.7 Å². The summed E-state index contributed by atoms with van der Waals surface area (Å²) in [7, 11) is 1.90. The lowest BCUT2D eigenvalue weighted by molar-refractivity contribution is 0.0762. The molecule has 0 saturated heterocycles. The Bertz CT molecular complexity index is 833. The standard InChI is InChI=1S/C17H16FN5O/c1-22-10-14(20-21-22)12-4-2-11(3-5-12)8-23-9-13-6-7-19-16(18)15(13)17(23)24/h2-7,10,20-21H,8-9H2,1H3. The molecule has 0 spiro atoms. The summed E-state index contributed by atoms with van der Waals surface area (Å²) in [5, 5.41) is 1.83. The average Bonchev–Trinajstić information content (AvgIpc) is 3.13. The van der Waals surface area contributed by atoms with Crippen LogP contribution in [0.2, 0.25) is 0 Å². The number of carbonyl (C=O) groups is 1. The molecule has 3 heterocycles. The maximum absolute atomic E-state index is 13.7. The summed E-state index contributed by atoms with van der Waals surface area (Å²) < 4.78 is 13.7. The van der Waals surface area contributed by atoms with Crippen molar-refractivity contribution in [2.45, 2.75) is 13.1 Å². The van der Waals surface area contributed by atoms with Crippen molar-refractivity contribution in [3.8, 4) is 0 Å². The minimum Gasteiger partial charge on any atom is -0.330 e. The van der Waals surface area contributed by atoms with E-state index in [2.05, 4.69) is 15.9 Å². The molecule has 2 aromatic rings. The quantitative estimate of drug-likeness (QED) is 0.840. The van der Waals surface area contributed by atoms with Gasteiger partial charge in [0.05, 0.1) is 11.3 Å². The van der Waals surface area contributed by atoms with Gasteiger partial charge in [0.1, 0.15) is 0 Å². The lowest BCUT2D eigenvalue weighted by Crippen LogP contribution is -2.33. The van der Waals surface area contributed by atoms with E-state index < -0.39 is 5.95 Å². The van der Waals surface area contributed by atoms with Crippen molar-refractivity contribution < 1.29 is 9.18 Å². The van der Waals surface area contributed by atoms with Gasteiger partial charge in [-0.05, 0) is 17.2 Å². The molecule has 122 valence electrons. The van der Waals surface area contributed by atoms with Gasteiger partial charge in [-0.25, -0.2) is 4.98 Å². The Balaban J connectivity index is 1.50. The Morgan fingerprint density at radius 2 is 2.04 bits per heavy atom. The van der Waals surface area contributed by atoms with Crippen molar-refractivity contribution in [3.63, 3.8) is 0 Å². The zero-order chi connectivity index (χ0) is 16.7. The first-order valence-electron chi connectivity index (χ1n) is 7.60. The molecule has 0 radical (unpaired) electrons. The third kappa shape index (κ3) is 2.48. The molecule has 1 amide bonds. The zero-order valence-electron chi connectivity index (χ0n) is 13.1. The van der Waals surface area contributed by atoms with Gasteiger partial charge in [0.2, 0.25) is 5.95 Å². The normalized spacial score (nSPS) is 16.2. The number of hydrogen-bond acceptors (Lipinski definition) is 5. The number of rotatable bonds is 3. The van der Waals surface area contributed by atoms with Crippen LogP contribution in [0.4, 0.5) is 4.39 Å². The second kappa shape index (κ2) is 5.61. The highest BCUT2D eigenvalue weighted by Crippen LogP contribution is 2.26. The number of aromatic nitrogens is 1. The van der Waals surface area contributed by atoms with Crippen LogP contribution in [0.1, 0.15) is 27.0 Å². The van der Waals surface area contributed by atoms with Gasteiger partial charge >= 0.3 is 0 Å². The third-order valence-corrected chi connectivity index (χ3v) is 4.18. The Morgan fingerprint density at radius 1 is 1.25 bits per heavy atom. The number of pyridine rings is 1. The number of nitrogens with zero attached hydrogens (tertiary/aromatic N) is 3. The molecule has 0 bridgehead atoms. The van der Waals surface area contributed by atoms with Gasteiger partial charge in [0, 0.05) is 38.1 Å². The number of benzene rings is 1. The minimum atomic E-state index is -0.689. The number of hydrogen-bond donors (Lipinski definition) is 2. The maximum atomic E-state index is 13.7. The topological polar surface area (TPSA) is 60.5 Å². The second-order valence-corrected chi connectivity index (χ2v) is 5.88. The molecule has 0 atom stereocenters. The average molecular weight is 325 g/mol. The van der Waals surface area contributed by atoms with Crippen molar-refractivity contribution in [1.29, 1.82) is 0 Å². The Kier molecular flexibility index (Phi) is 3.42. The minimum absolute atomic E-state index is 0.101. The fourth-order valence-electron chi connectivity index (χ4n) is 2.96. The van der Waals surface area contributed by atoms with E-state index in [4.69, 9.17) is 0 Å².